The Kier molecular flexibility index (Phi) is 5.05. The summed E-state index contributed by atoms with van der Waals surface area (Å²) in [5.41, 5.74) is 0. The van der Waals surface area contributed by atoms with Crippen molar-refractivity contribution in [1.29, 1.82) is 0 Å². The molecule has 1 atom stereocenters. The van der Waals surface area contributed by atoms with E-state index >= 15 is 0 Å². The lowest BCUT2D eigenvalue weighted by atomic mass is 11.8. The first-order valence-electron chi connectivity index (χ1n) is 2.83. The van der Waals surface area contributed by atoms with Crippen LogP contribution >= 0.6 is 0 Å². The van der Waals surface area contributed by atoms with Crippen molar-refractivity contribution >= 4 is 19.9 Å². The minimum atomic E-state index is -2.83. The molecule has 11 heavy (non-hydrogen) atoms. The molecule has 5 nitrogen and oxygen atoms in total. The van der Waals surface area contributed by atoms with Gasteiger partial charge in [-0.3, -0.25) is 0 Å². The monoisotopic (exact) mass is 200 g/mol. The summed E-state index contributed by atoms with van der Waals surface area (Å²) < 4.78 is 33.6. The molecule has 0 saturated heterocycles. The number of rotatable bonds is 5. The van der Waals surface area contributed by atoms with Gasteiger partial charge in [-0.2, -0.15) is 0 Å². The Balaban J connectivity index is 4.16. The Morgan fingerprint density at radius 2 is 1.64 bits per heavy atom. The molecule has 0 aliphatic heterocycles. The van der Waals surface area contributed by atoms with E-state index in [4.69, 9.17) is 17.8 Å². The molecule has 0 fully saturated rings. The van der Waals surface area contributed by atoms with E-state index in [0.717, 1.165) is 0 Å². The van der Waals surface area contributed by atoms with Crippen LogP contribution in [0.15, 0.2) is 0 Å². The van der Waals surface area contributed by atoms with E-state index in [1.165, 1.54) is 21.3 Å². The van der Waals surface area contributed by atoms with Crippen molar-refractivity contribution in [3.8, 4) is 0 Å². The smallest absolute Gasteiger partial charge is 0.376 e. The lowest BCUT2D eigenvalue weighted by Gasteiger charge is -2.22. The first kappa shape index (κ1) is 11.2. The summed E-state index contributed by atoms with van der Waals surface area (Å²) in [6.07, 6.45) is 0. The molecule has 0 aromatic rings. The molecular formula is C4H12O5SSi. The van der Waals surface area contributed by atoms with Crippen molar-refractivity contribution in [2.75, 3.05) is 26.7 Å². The van der Waals surface area contributed by atoms with Crippen molar-refractivity contribution in [2.24, 2.45) is 0 Å². The largest absolute Gasteiger partial charge is 0.515 e. The summed E-state index contributed by atoms with van der Waals surface area (Å²) in [4.78, 5) is 0. The third-order valence-corrected chi connectivity index (χ3v) is 5.50. The zero-order chi connectivity index (χ0) is 8.91. The number of hydrogen-bond acceptors (Lipinski definition) is 4. The molecule has 0 amide bonds. The molecule has 0 bridgehead atoms. The van der Waals surface area contributed by atoms with Crippen LogP contribution in [0.3, 0.4) is 0 Å². The Morgan fingerprint density at radius 3 is 1.73 bits per heavy atom. The first-order chi connectivity index (χ1) is 5.10. The lowest BCUT2D eigenvalue weighted by molar-refractivity contribution is 0.130. The predicted molar refractivity (Wildman–Crippen MR) is 42.4 cm³/mol. The molecule has 7 heteroatoms. The maximum absolute atomic E-state index is 10.4. The van der Waals surface area contributed by atoms with Gasteiger partial charge >= 0.3 is 8.80 Å². The molecular weight excluding hydrogens is 188 g/mol. The molecule has 0 aromatic carbocycles. The van der Waals surface area contributed by atoms with Crippen LogP contribution in [0.4, 0.5) is 0 Å². The van der Waals surface area contributed by atoms with Crippen LogP contribution in [0.1, 0.15) is 0 Å². The van der Waals surface area contributed by atoms with Gasteiger partial charge in [-0.1, -0.05) is 0 Å². The van der Waals surface area contributed by atoms with E-state index in [2.05, 4.69) is 0 Å². The highest BCUT2D eigenvalue weighted by Crippen LogP contribution is 2.06. The first-order valence-corrected chi connectivity index (χ1v) is 6.04. The van der Waals surface area contributed by atoms with E-state index in [-0.39, 0.29) is 5.38 Å². The molecule has 1 N–H and O–H groups in total. The molecule has 1 unspecified atom stereocenters. The van der Waals surface area contributed by atoms with Crippen LogP contribution in [-0.4, -0.2) is 44.3 Å². The quantitative estimate of drug-likeness (QED) is 0.484. The van der Waals surface area contributed by atoms with Crippen molar-refractivity contribution in [2.45, 2.75) is 0 Å². The average Bonchev–Trinajstić information content (AvgIpc) is 2.00. The molecule has 0 rings (SSSR count). The van der Waals surface area contributed by atoms with Gasteiger partial charge in [-0.15, -0.1) is 0 Å². The van der Waals surface area contributed by atoms with E-state index in [1.807, 2.05) is 0 Å². The van der Waals surface area contributed by atoms with Gasteiger partial charge in [0, 0.05) is 21.3 Å². The lowest BCUT2D eigenvalue weighted by Crippen LogP contribution is -2.48. The van der Waals surface area contributed by atoms with Crippen molar-refractivity contribution < 1.29 is 22.0 Å². The summed E-state index contributed by atoms with van der Waals surface area (Å²) >= 11 is -1.95. The molecule has 0 heterocycles. The molecule has 68 valence electrons. The highest BCUT2D eigenvalue weighted by Gasteiger charge is 2.40. The number of hydrogen-bond donors (Lipinski definition) is 1. The highest BCUT2D eigenvalue weighted by molar-refractivity contribution is 7.81. The minimum absolute atomic E-state index is 0.101. The maximum atomic E-state index is 10.4. The molecule has 0 aromatic heterocycles. The van der Waals surface area contributed by atoms with Gasteiger partial charge in [0.05, 0.1) is 0 Å². The van der Waals surface area contributed by atoms with Gasteiger partial charge < -0.3 is 17.8 Å². The van der Waals surface area contributed by atoms with Crippen molar-refractivity contribution in [3.05, 3.63) is 0 Å². The summed E-state index contributed by atoms with van der Waals surface area (Å²) in [6.45, 7) is 0. The molecule has 0 aliphatic rings. The zero-order valence-corrected chi connectivity index (χ0v) is 8.51. The summed E-state index contributed by atoms with van der Waals surface area (Å²) in [5.74, 6) is 0. The normalized spacial score (nSPS) is 14.9. The molecule has 0 spiro atoms. The van der Waals surface area contributed by atoms with E-state index in [1.54, 1.807) is 0 Å². The van der Waals surface area contributed by atoms with E-state index in [0.29, 0.717) is 0 Å². The van der Waals surface area contributed by atoms with Crippen molar-refractivity contribution in [3.63, 3.8) is 0 Å². The molecule has 0 aliphatic carbocycles. The Labute approximate surface area is 69.3 Å². The molecule has 0 radical (unpaired) electrons. The van der Waals surface area contributed by atoms with Gasteiger partial charge in [0.15, 0.2) is 11.1 Å². The fraction of sp³-hybridized carbons (Fsp3) is 1.00. The zero-order valence-electron chi connectivity index (χ0n) is 6.70. The average molecular weight is 200 g/mol. The SMILES string of the molecule is CO[Si](CS(=O)O)(OC)OC. The third kappa shape index (κ3) is 3.41. The fourth-order valence-corrected chi connectivity index (χ4v) is 3.70. The second-order valence-electron chi connectivity index (χ2n) is 1.76. The van der Waals surface area contributed by atoms with E-state index < -0.39 is 19.9 Å². The minimum Gasteiger partial charge on any atom is -0.376 e. The highest BCUT2D eigenvalue weighted by atomic mass is 32.2. The van der Waals surface area contributed by atoms with Crippen molar-refractivity contribution in [1.82, 2.24) is 0 Å². The van der Waals surface area contributed by atoms with Crippen LogP contribution in [0, 0.1) is 0 Å². The summed E-state index contributed by atoms with van der Waals surface area (Å²) in [6, 6.07) is 0. The van der Waals surface area contributed by atoms with E-state index in [9.17, 15) is 4.21 Å². The third-order valence-electron chi connectivity index (χ3n) is 1.23. The van der Waals surface area contributed by atoms with Gasteiger partial charge in [-0.05, 0) is 0 Å². The van der Waals surface area contributed by atoms with Gasteiger partial charge in [0.1, 0.15) is 5.38 Å². The summed E-state index contributed by atoms with van der Waals surface area (Å²) in [5, 5.41) is -0.101. The van der Waals surface area contributed by atoms with Gasteiger partial charge in [0.2, 0.25) is 0 Å². The summed E-state index contributed by atoms with van der Waals surface area (Å²) in [7, 11) is 1.35. The second kappa shape index (κ2) is 4.96. The fourth-order valence-electron chi connectivity index (χ4n) is 0.578. The van der Waals surface area contributed by atoms with Crippen LogP contribution in [0.25, 0.3) is 0 Å². The van der Waals surface area contributed by atoms with Crippen LogP contribution < -0.4 is 0 Å². The Morgan fingerprint density at radius 1 is 1.27 bits per heavy atom. The Hall–Kier alpha value is 0.207. The van der Waals surface area contributed by atoms with Crippen LogP contribution in [0.5, 0.6) is 0 Å². The Bertz CT molecular complexity index is 128. The topological polar surface area (TPSA) is 65.0 Å². The van der Waals surface area contributed by atoms with Crippen LogP contribution in [0.2, 0.25) is 0 Å². The molecule has 0 saturated carbocycles. The predicted octanol–water partition coefficient (Wildman–Crippen LogP) is -0.375. The maximum Gasteiger partial charge on any atom is 0.515 e. The van der Waals surface area contributed by atoms with Crippen LogP contribution in [-0.2, 0) is 24.4 Å². The van der Waals surface area contributed by atoms with Gasteiger partial charge in [-0.25, -0.2) is 4.21 Å². The van der Waals surface area contributed by atoms with Gasteiger partial charge in [0.25, 0.3) is 0 Å². The second-order valence-corrected chi connectivity index (χ2v) is 6.15. The standard InChI is InChI=1S/C4H12O5SSi/c1-7-11(8-2,9-3)4-10(5)6/h4H2,1-3H3,(H,5,6).